The Kier molecular flexibility index (Phi) is 7.92. The quantitative estimate of drug-likeness (QED) is 0.505. The number of rotatable bonds is 4. The number of nitrogens with one attached hydrogen (secondary N) is 3. The first kappa shape index (κ1) is 28.1. The number of hydrogen-bond acceptors (Lipinski definition) is 6. The van der Waals surface area contributed by atoms with Crippen LogP contribution in [0.15, 0.2) is 18.2 Å². The molecule has 3 saturated heterocycles. The fourth-order valence-corrected chi connectivity index (χ4v) is 9.72. The largest absolute Gasteiger partial charge is 0.376 e. The number of benzene rings is 1. The number of hydrogen-bond donors (Lipinski definition) is 3. The van der Waals surface area contributed by atoms with E-state index < -0.39 is 15.4 Å². The molecule has 3 N–H and O–H groups in total. The van der Waals surface area contributed by atoms with Crippen LogP contribution < -0.4 is 15.4 Å². The first-order valence-corrected chi connectivity index (χ1v) is 17.1. The molecule has 2 aliphatic carbocycles. The number of aryl methyl sites for hydroxylation is 2. The van der Waals surface area contributed by atoms with E-state index in [-0.39, 0.29) is 24.4 Å². The van der Waals surface area contributed by atoms with Gasteiger partial charge in [0.05, 0.1) is 18.9 Å². The number of fused-ring (bicyclic) bond motifs is 4. The fraction of sp³-hybridized carbons (Fsp3) is 0.806. The third-order valence-electron chi connectivity index (χ3n) is 10.3. The zero-order chi connectivity index (χ0) is 27.4. The van der Waals surface area contributed by atoms with Gasteiger partial charge in [0, 0.05) is 37.1 Å². The molecule has 5 unspecified atom stereocenters. The van der Waals surface area contributed by atoms with Crippen LogP contribution in [-0.4, -0.2) is 62.2 Å². The molecule has 218 valence electrons. The molecular weight excluding hydrogens is 508 g/mol. The normalized spacial score (nSPS) is 36.9. The summed E-state index contributed by atoms with van der Waals surface area (Å²) < 4.78 is 37.3. The summed E-state index contributed by atoms with van der Waals surface area (Å²) in [7, 11) is -3.54. The highest BCUT2D eigenvalue weighted by atomic mass is 32.2. The van der Waals surface area contributed by atoms with Gasteiger partial charge in [0.2, 0.25) is 10.0 Å². The van der Waals surface area contributed by atoms with E-state index in [9.17, 15) is 8.42 Å². The zero-order valence-electron chi connectivity index (χ0n) is 24.4. The fourth-order valence-electron chi connectivity index (χ4n) is 8.15. The van der Waals surface area contributed by atoms with Crippen molar-refractivity contribution in [3.8, 4) is 0 Å². The van der Waals surface area contributed by atoms with Gasteiger partial charge in [-0.3, -0.25) is 15.5 Å². The van der Waals surface area contributed by atoms with Crippen molar-refractivity contribution in [1.29, 1.82) is 0 Å². The summed E-state index contributed by atoms with van der Waals surface area (Å²) in [5.41, 5.74) is 4.39. The van der Waals surface area contributed by atoms with Crippen molar-refractivity contribution in [2.45, 2.75) is 134 Å². The smallest absolute Gasteiger partial charge is 0.228 e. The van der Waals surface area contributed by atoms with Gasteiger partial charge < -0.3 is 4.74 Å². The van der Waals surface area contributed by atoms with Crippen LogP contribution in [0, 0.1) is 25.2 Å². The van der Waals surface area contributed by atoms with Crippen LogP contribution in [0.5, 0.6) is 0 Å². The van der Waals surface area contributed by atoms with Crippen LogP contribution in [0.2, 0.25) is 0 Å². The molecule has 8 heteroatoms. The highest BCUT2D eigenvalue weighted by Crippen LogP contribution is 2.62. The van der Waals surface area contributed by atoms with Crippen LogP contribution in [0.25, 0.3) is 0 Å². The van der Waals surface area contributed by atoms with E-state index in [0.29, 0.717) is 36.3 Å². The number of sulfonamides is 1. The van der Waals surface area contributed by atoms with Gasteiger partial charge in [-0.05, 0) is 99.7 Å². The Balaban J connectivity index is 1.31. The van der Waals surface area contributed by atoms with Crippen LogP contribution in [0.4, 0.5) is 0 Å². The van der Waals surface area contributed by atoms with Crippen molar-refractivity contribution >= 4 is 10.0 Å². The Morgan fingerprint density at radius 2 is 1.82 bits per heavy atom. The Morgan fingerprint density at radius 1 is 1.08 bits per heavy atom. The predicted octanol–water partition coefficient (Wildman–Crippen LogP) is 4.50. The van der Waals surface area contributed by atoms with Gasteiger partial charge >= 0.3 is 0 Å². The first-order chi connectivity index (χ1) is 18.6. The lowest BCUT2D eigenvalue weighted by molar-refractivity contribution is -0.0560. The van der Waals surface area contributed by atoms with Crippen molar-refractivity contribution < 1.29 is 13.2 Å². The van der Waals surface area contributed by atoms with E-state index in [4.69, 9.17) is 4.74 Å². The van der Waals surface area contributed by atoms with Crippen molar-refractivity contribution in [3.63, 3.8) is 0 Å². The monoisotopic (exact) mass is 558 g/mol. The number of ether oxygens (including phenoxy) is 1. The number of nitrogens with zero attached hydrogens (tertiary/aromatic N) is 1. The molecule has 39 heavy (non-hydrogen) atoms. The third-order valence-corrected chi connectivity index (χ3v) is 12.1. The second kappa shape index (κ2) is 11.0. The second-order valence-corrected chi connectivity index (χ2v) is 15.9. The summed E-state index contributed by atoms with van der Waals surface area (Å²) in [6.45, 7) is 10.6. The SMILES string of the molecule is Cc1cccc(C)c1C1CC2CC(N1)NS(=O)(=O)C1CCCC(CN(C3CC4(CC4)C3)[C@H](CC(C)C)CO2)N1. The second-order valence-electron chi connectivity index (χ2n) is 14.0. The lowest BCUT2D eigenvalue weighted by Gasteiger charge is -2.49. The summed E-state index contributed by atoms with van der Waals surface area (Å²) in [6, 6.07) is 7.63. The topological polar surface area (TPSA) is 82.7 Å². The van der Waals surface area contributed by atoms with Crippen molar-refractivity contribution in [3.05, 3.63) is 34.9 Å². The molecule has 0 amide bonds. The predicted molar refractivity (Wildman–Crippen MR) is 156 cm³/mol. The van der Waals surface area contributed by atoms with Crippen LogP contribution in [-0.2, 0) is 14.8 Å². The van der Waals surface area contributed by atoms with E-state index in [1.54, 1.807) is 0 Å². The van der Waals surface area contributed by atoms with Crippen molar-refractivity contribution in [1.82, 2.24) is 20.3 Å². The van der Waals surface area contributed by atoms with E-state index in [1.807, 2.05) is 0 Å². The molecule has 5 aliphatic rings. The molecule has 1 spiro atoms. The van der Waals surface area contributed by atoms with Crippen LogP contribution in [0.3, 0.4) is 0 Å². The summed E-state index contributed by atoms with van der Waals surface area (Å²) in [4.78, 5) is 2.75. The minimum atomic E-state index is -3.54. The highest BCUT2D eigenvalue weighted by Gasteiger charge is 2.55. The molecule has 0 aromatic heterocycles. The highest BCUT2D eigenvalue weighted by molar-refractivity contribution is 7.90. The average Bonchev–Trinajstić information content (AvgIpc) is 3.65. The minimum absolute atomic E-state index is 0.00344. The summed E-state index contributed by atoms with van der Waals surface area (Å²) in [5, 5.41) is 6.73. The van der Waals surface area contributed by atoms with Gasteiger partial charge in [-0.2, -0.15) is 4.72 Å². The summed E-state index contributed by atoms with van der Waals surface area (Å²) in [6.07, 6.45) is 10.3. The van der Waals surface area contributed by atoms with Gasteiger partial charge in [-0.25, -0.2) is 8.42 Å². The Morgan fingerprint density at radius 3 is 2.51 bits per heavy atom. The van der Waals surface area contributed by atoms with Gasteiger partial charge in [0.15, 0.2) is 0 Å². The van der Waals surface area contributed by atoms with E-state index in [2.05, 4.69) is 66.1 Å². The molecule has 2 saturated carbocycles. The molecule has 3 heterocycles. The molecule has 6 rings (SSSR count). The van der Waals surface area contributed by atoms with Crippen molar-refractivity contribution in [2.75, 3.05) is 13.2 Å². The van der Waals surface area contributed by atoms with Crippen LogP contribution in [0.1, 0.15) is 101 Å². The Bertz CT molecular complexity index is 1110. The molecule has 3 aliphatic heterocycles. The van der Waals surface area contributed by atoms with Gasteiger partial charge in [0.25, 0.3) is 0 Å². The first-order valence-electron chi connectivity index (χ1n) is 15.6. The molecule has 5 fully saturated rings. The molecule has 1 aromatic carbocycles. The summed E-state index contributed by atoms with van der Waals surface area (Å²) in [5.74, 6) is 0.587. The van der Waals surface area contributed by atoms with Gasteiger partial charge in [0.1, 0.15) is 5.37 Å². The molecule has 1 aromatic rings. The van der Waals surface area contributed by atoms with Gasteiger partial charge in [-0.1, -0.05) is 32.0 Å². The minimum Gasteiger partial charge on any atom is -0.376 e. The maximum atomic E-state index is 13.7. The lowest BCUT2D eigenvalue weighted by atomic mass is 9.75. The zero-order valence-corrected chi connectivity index (χ0v) is 25.2. The maximum absolute atomic E-state index is 13.7. The van der Waals surface area contributed by atoms with Crippen LogP contribution >= 0.6 is 0 Å². The average molecular weight is 559 g/mol. The standard InChI is InChI=1S/C31H50N4O3S/c1-20(2)13-24-19-38-26-14-27(30-21(3)7-5-8-22(30)4)33-28(15-26)34-39(36,37)29-10-6-9-23(32-29)18-35(24)25-16-31(17-25)11-12-31/h5,7-8,20,23-29,32-34H,6,9-19H2,1-4H3/t23?,24-,26?,27?,28?,29?/m1/s1. The third kappa shape index (κ3) is 6.12. The Hall–Kier alpha value is -1.03. The van der Waals surface area contributed by atoms with E-state index in [1.165, 1.54) is 42.4 Å². The van der Waals surface area contributed by atoms with Gasteiger partial charge in [-0.15, -0.1) is 0 Å². The van der Waals surface area contributed by atoms with E-state index >= 15 is 0 Å². The lowest BCUT2D eigenvalue weighted by Crippen LogP contribution is -2.60. The maximum Gasteiger partial charge on any atom is 0.228 e. The van der Waals surface area contributed by atoms with Crippen molar-refractivity contribution in [2.24, 2.45) is 11.3 Å². The number of piperidine rings is 2. The molecule has 4 bridgehead atoms. The summed E-state index contributed by atoms with van der Waals surface area (Å²) >= 11 is 0. The molecule has 6 atom stereocenters. The molecular formula is C31H50N4O3S. The molecule has 7 nitrogen and oxygen atoms in total. The molecule has 0 radical (unpaired) electrons. The Labute approximate surface area is 236 Å². The van der Waals surface area contributed by atoms with E-state index in [0.717, 1.165) is 38.8 Å².